The first-order chi connectivity index (χ1) is 14.3. The number of ether oxygens (including phenoxy) is 1. The molecule has 2 amide bonds. The molecule has 2 aromatic carbocycles. The van der Waals surface area contributed by atoms with Gasteiger partial charge in [-0.2, -0.15) is 4.39 Å². The predicted octanol–water partition coefficient (Wildman–Crippen LogP) is 3.89. The van der Waals surface area contributed by atoms with Crippen LogP contribution in [0.4, 0.5) is 18.9 Å². The molecule has 2 atom stereocenters. The van der Waals surface area contributed by atoms with E-state index in [0.29, 0.717) is 23.6 Å². The number of nitrogens with zero attached hydrogens (tertiary/aromatic N) is 2. The van der Waals surface area contributed by atoms with Gasteiger partial charge in [-0.1, -0.05) is 23.7 Å². The van der Waals surface area contributed by atoms with Crippen LogP contribution in [0.3, 0.4) is 0 Å². The fraction of sp³-hybridized carbons (Fsp3) is 0.333. The molecule has 0 bridgehead atoms. The molecular weight excluding hydrogens is 421 g/mol. The van der Waals surface area contributed by atoms with Gasteiger partial charge in [0.25, 0.3) is 5.91 Å². The van der Waals surface area contributed by atoms with E-state index >= 15 is 0 Å². The number of halogens is 4. The normalized spacial score (nSPS) is 21.0. The van der Waals surface area contributed by atoms with Crippen molar-refractivity contribution < 1.29 is 27.5 Å². The van der Waals surface area contributed by atoms with Gasteiger partial charge in [-0.05, 0) is 24.5 Å². The molecule has 0 N–H and O–H groups in total. The summed E-state index contributed by atoms with van der Waals surface area (Å²) in [6, 6.07) is 7.40. The number of hydrogen-bond acceptors (Lipinski definition) is 3. The van der Waals surface area contributed by atoms with Crippen molar-refractivity contribution >= 4 is 29.1 Å². The second kappa shape index (κ2) is 7.83. The van der Waals surface area contributed by atoms with Crippen LogP contribution in [0.15, 0.2) is 30.3 Å². The maximum absolute atomic E-state index is 14.5. The molecule has 5 nitrogen and oxygen atoms in total. The molecule has 158 valence electrons. The van der Waals surface area contributed by atoms with E-state index in [-0.39, 0.29) is 24.9 Å². The van der Waals surface area contributed by atoms with Crippen molar-refractivity contribution in [3.05, 3.63) is 58.4 Å². The molecule has 2 heterocycles. The number of methoxy groups -OCH3 is 1. The largest absolute Gasteiger partial charge is 0.491 e. The summed E-state index contributed by atoms with van der Waals surface area (Å²) in [5.41, 5.74) is -0.127. The summed E-state index contributed by atoms with van der Waals surface area (Å²) in [6.45, 7) is 0.588. The van der Waals surface area contributed by atoms with E-state index in [0.717, 1.165) is 18.1 Å². The van der Waals surface area contributed by atoms with E-state index in [9.17, 15) is 22.8 Å². The summed E-state index contributed by atoms with van der Waals surface area (Å²) in [4.78, 5) is 28.4. The van der Waals surface area contributed by atoms with Crippen LogP contribution in [0.1, 0.15) is 16.8 Å². The van der Waals surface area contributed by atoms with Gasteiger partial charge in [-0.25, -0.2) is 8.78 Å². The number of hydrogen-bond donors (Lipinski definition) is 0. The number of benzene rings is 2. The van der Waals surface area contributed by atoms with E-state index in [1.807, 2.05) is 0 Å². The van der Waals surface area contributed by atoms with Gasteiger partial charge in [-0.15, -0.1) is 0 Å². The quantitative estimate of drug-likeness (QED) is 0.683. The molecule has 0 radical (unpaired) electrons. The first kappa shape index (κ1) is 20.5. The Morgan fingerprint density at radius 1 is 1.17 bits per heavy atom. The standard InChI is InChI=1S/C21H18ClF3N2O3/c1-30-19-15(23)8-16(17(24)18(19)25)27-7-6-11-9-26(10-13(11)21(27)29)20(28)12-4-2-3-5-14(12)22/h2-5,8,11,13H,6-7,9-10H2,1H3/t11-,13+/m0/s1. The summed E-state index contributed by atoms with van der Waals surface area (Å²) < 4.78 is 47.3. The zero-order chi connectivity index (χ0) is 21.6. The van der Waals surface area contributed by atoms with Crippen molar-refractivity contribution in [1.82, 2.24) is 4.90 Å². The number of carbonyl (C=O) groups excluding carboxylic acids is 2. The first-order valence-electron chi connectivity index (χ1n) is 9.40. The molecule has 0 aliphatic carbocycles. The van der Waals surface area contributed by atoms with Gasteiger partial charge in [0.1, 0.15) is 0 Å². The van der Waals surface area contributed by atoms with E-state index in [2.05, 4.69) is 4.74 Å². The molecule has 9 heteroatoms. The summed E-state index contributed by atoms with van der Waals surface area (Å²) in [5.74, 6) is -6.22. The van der Waals surface area contributed by atoms with Crippen LogP contribution in [0, 0.1) is 29.3 Å². The zero-order valence-corrected chi connectivity index (χ0v) is 16.8. The van der Waals surface area contributed by atoms with Gasteiger partial charge in [0.05, 0.1) is 29.3 Å². The van der Waals surface area contributed by atoms with Crippen molar-refractivity contribution in [2.75, 3.05) is 31.6 Å². The number of fused-ring (bicyclic) bond motifs is 1. The van der Waals surface area contributed by atoms with Gasteiger partial charge in [0.2, 0.25) is 11.7 Å². The molecule has 2 aliphatic heterocycles. The fourth-order valence-electron chi connectivity index (χ4n) is 4.21. The van der Waals surface area contributed by atoms with Crippen LogP contribution in [0.25, 0.3) is 0 Å². The fourth-order valence-corrected chi connectivity index (χ4v) is 4.42. The molecule has 2 saturated heterocycles. The molecule has 0 saturated carbocycles. The highest BCUT2D eigenvalue weighted by Crippen LogP contribution is 2.38. The van der Waals surface area contributed by atoms with Crippen LogP contribution < -0.4 is 9.64 Å². The number of carbonyl (C=O) groups is 2. The minimum Gasteiger partial charge on any atom is -0.491 e. The van der Waals surface area contributed by atoms with E-state index in [1.165, 1.54) is 0 Å². The van der Waals surface area contributed by atoms with Crippen LogP contribution in [-0.4, -0.2) is 43.5 Å². The highest BCUT2D eigenvalue weighted by molar-refractivity contribution is 6.33. The summed E-state index contributed by atoms with van der Waals surface area (Å²) in [6.07, 6.45) is 0.470. The molecule has 2 aliphatic rings. The lowest BCUT2D eigenvalue weighted by atomic mass is 9.87. The SMILES string of the molecule is COc1c(F)cc(N2CC[C@H]3CN(C(=O)c4ccccc4Cl)C[C@H]3C2=O)c(F)c1F. The molecule has 2 fully saturated rings. The third-order valence-electron chi connectivity index (χ3n) is 5.73. The Labute approximate surface area is 176 Å². The third-order valence-corrected chi connectivity index (χ3v) is 6.06. The molecule has 0 aromatic heterocycles. The molecule has 0 spiro atoms. The van der Waals surface area contributed by atoms with Gasteiger partial charge in [0, 0.05) is 25.7 Å². The Balaban J connectivity index is 1.58. The molecule has 2 aromatic rings. The Hall–Kier alpha value is -2.74. The minimum absolute atomic E-state index is 0.0935. The van der Waals surface area contributed by atoms with Crippen molar-refractivity contribution in [2.24, 2.45) is 11.8 Å². The smallest absolute Gasteiger partial charge is 0.255 e. The number of piperidine rings is 1. The van der Waals surface area contributed by atoms with Gasteiger partial charge < -0.3 is 14.5 Å². The van der Waals surface area contributed by atoms with Crippen molar-refractivity contribution in [2.45, 2.75) is 6.42 Å². The molecule has 4 rings (SSSR count). The number of anilines is 1. The minimum atomic E-state index is -1.48. The van der Waals surface area contributed by atoms with E-state index in [1.54, 1.807) is 29.2 Å². The lowest BCUT2D eigenvalue weighted by Gasteiger charge is -2.34. The van der Waals surface area contributed by atoms with E-state index < -0.39 is 40.7 Å². The second-order valence-corrected chi connectivity index (χ2v) is 7.78. The third kappa shape index (κ3) is 3.29. The highest BCUT2D eigenvalue weighted by atomic mass is 35.5. The van der Waals surface area contributed by atoms with Gasteiger partial charge in [-0.3, -0.25) is 9.59 Å². The molecule has 30 heavy (non-hydrogen) atoms. The Morgan fingerprint density at radius 3 is 2.60 bits per heavy atom. The molecular formula is C21H18ClF3N2O3. The second-order valence-electron chi connectivity index (χ2n) is 7.37. The highest BCUT2D eigenvalue weighted by Gasteiger charge is 2.45. The Kier molecular flexibility index (Phi) is 5.36. The van der Waals surface area contributed by atoms with Gasteiger partial charge in [0.15, 0.2) is 17.4 Å². The van der Waals surface area contributed by atoms with Crippen LogP contribution in [0.5, 0.6) is 5.75 Å². The maximum atomic E-state index is 14.5. The zero-order valence-electron chi connectivity index (χ0n) is 16.0. The predicted molar refractivity (Wildman–Crippen MR) is 104 cm³/mol. The van der Waals surface area contributed by atoms with Crippen molar-refractivity contribution in [1.29, 1.82) is 0 Å². The molecule has 0 unspecified atom stereocenters. The summed E-state index contributed by atoms with van der Waals surface area (Å²) >= 11 is 6.11. The summed E-state index contributed by atoms with van der Waals surface area (Å²) in [7, 11) is 1.03. The summed E-state index contributed by atoms with van der Waals surface area (Å²) in [5, 5.41) is 0.316. The monoisotopic (exact) mass is 438 g/mol. The van der Waals surface area contributed by atoms with Crippen molar-refractivity contribution in [3.8, 4) is 5.75 Å². The topological polar surface area (TPSA) is 49.9 Å². The van der Waals surface area contributed by atoms with Crippen LogP contribution in [0.2, 0.25) is 5.02 Å². The Morgan fingerprint density at radius 2 is 1.90 bits per heavy atom. The Bertz CT molecular complexity index is 1030. The van der Waals surface area contributed by atoms with Crippen LogP contribution in [-0.2, 0) is 4.79 Å². The lowest BCUT2D eigenvalue weighted by molar-refractivity contribution is -0.124. The van der Waals surface area contributed by atoms with E-state index in [4.69, 9.17) is 11.6 Å². The van der Waals surface area contributed by atoms with Gasteiger partial charge >= 0.3 is 0 Å². The number of amides is 2. The van der Waals surface area contributed by atoms with Crippen LogP contribution >= 0.6 is 11.6 Å². The number of rotatable bonds is 3. The maximum Gasteiger partial charge on any atom is 0.255 e. The number of likely N-dealkylation sites (tertiary alicyclic amines) is 1. The average Bonchev–Trinajstić information content (AvgIpc) is 3.17. The average molecular weight is 439 g/mol. The lowest BCUT2D eigenvalue weighted by Crippen LogP contribution is -2.46. The van der Waals surface area contributed by atoms with Crippen molar-refractivity contribution in [3.63, 3.8) is 0 Å². The first-order valence-corrected chi connectivity index (χ1v) is 9.78.